The van der Waals surface area contributed by atoms with Gasteiger partial charge >= 0.3 is 0 Å². The second kappa shape index (κ2) is 9.09. The van der Waals surface area contributed by atoms with Crippen LogP contribution in [0.15, 0.2) is 47.6 Å². The number of hydrogen-bond acceptors (Lipinski definition) is 6. The average molecular weight is 412 g/mol. The Kier molecular flexibility index (Phi) is 6.53. The number of tetrazole rings is 1. The zero-order valence-electron chi connectivity index (χ0n) is 17.2. The highest BCUT2D eigenvalue weighted by atomic mass is 32.2. The molecule has 3 rings (SSSR count). The molecule has 1 N–H and O–H groups in total. The lowest BCUT2D eigenvalue weighted by molar-refractivity contribution is -0.116. The molecule has 3 aromatic rings. The summed E-state index contributed by atoms with van der Waals surface area (Å²) < 4.78 is 6.83. The lowest BCUT2D eigenvalue weighted by atomic mass is 10.1. The minimum atomic E-state index is -0.353. The van der Waals surface area contributed by atoms with Gasteiger partial charge in [-0.2, -0.15) is 4.68 Å². The van der Waals surface area contributed by atoms with Gasteiger partial charge in [0.25, 0.3) is 0 Å². The number of carbonyl (C=O) groups is 1. The van der Waals surface area contributed by atoms with E-state index in [1.807, 2.05) is 56.3 Å². The van der Waals surface area contributed by atoms with Crippen LogP contribution < -0.4 is 10.1 Å². The van der Waals surface area contributed by atoms with E-state index in [9.17, 15) is 4.79 Å². The Hall–Kier alpha value is -2.87. The van der Waals surface area contributed by atoms with Crippen LogP contribution >= 0.6 is 11.8 Å². The Morgan fingerprint density at radius 2 is 1.83 bits per heavy atom. The quantitative estimate of drug-likeness (QED) is 0.591. The van der Waals surface area contributed by atoms with E-state index in [-0.39, 0.29) is 17.1 Å². The van der Waals surface area contributed by atoms with Crippen molar-refractivity contribution in [2.75, 3.05) is 12.4 Å². The Morgan fingerprint density at radius 3 is 2.45 bits per heavy atom. The van der Waals surface area contributed by atoms with Gasteiger partial charge in [-0.15, -0.1) is 5.10 Å². The summed E-state index contributed by atoms with van der Waals surface area (Å²) in [6.45, 7) is 8.13. The highest BCUT2D eigenvalue weighted by Crippen LogP contribution is 2.29. The summed E-state index contributed by atoms with van der Waals surface area (Å²) in [6.07, 6.45) is 0. The van der Waals surface area contributed by atoms with Crippen molar-refractivity contribution in [1.82, 2.24) is 20.2 Å². The molecular weight excluding hydrogens is 386 g/mol. The number of rotatable bonds is 7. The highest BCUT2D eigenvalue weighted by Gasteiger charge is 2.26. The van der Waals surface area contributed by atoms with Gasteiger partial charge < -0.3 is 10.1 Å². The molecule has 1 unspecified atom stereocenters. The van der Waals surface area contributed by atoms with Crippen LogP contribution in [0.3, 0.4) is 0 Å². The predicted octanol–water partition coefficient (Wildman–Crippen LogP) is 4.04. The van der Waals surface area contributed by atoms with Crippen LogP contribution in [0.25, 0.3) is 5.69 Å². The van der Waals surface area contributed by atoms with Crippen LogP contribution in [0, 0.1) is 19.8 Å². The number of methoxy groups -OCH3 is 1. The zero-order valence-corrected chi connectivity index (χ0v) is 18.0. The van der Waals surface area contributed by atoms with E-state index in [0.29, 0.717) is 5.16 Å². The maximum Gasteiger partial charge on any atom is 0.238 e. The van der Waals surface area contributed by atoms with Crippen LogP contribution in [0.1, 0.15) is 25.0 Å². The average Bonchev–Trinajstić information content (AvgIpc) is 3.16. The molecule has 0 aliphatic rings. The first-order valence-electron chi connectivity index (χ1n) is 9.36. The maximum absolute atomic E-state index is 12.9. The van der Waals surface area contributed by atoms with Crippen LogP contribution in [0.2, 0.25) is 0 Å². The third kappa shape index (κ3) is 4.95. The van der Waals surface area contributed by atoms with Crippen LogP contribution in [0.5, 0.6) is 5.75 Å². The number of nitrogens with zero attached hydrogens (tertiary/aromatic N) is 4. The molecule has 8 heteroatoms. The van der Waals surface area contributed by atoms with Crippen LogP contribution in [-0.2, 0) is 4.79 Å². The van der Waals surface area contributed by atoms with Gasteiger partial charge in [-0.3, -0.25) is 4.79 Å². The topological polar surface area (TPSA) is 81.9 Å². The number of nitrogens with one attached hydrogen (secondary N) is 1. The Morgan fingerprint density at radius 1 is 1.10 bits per heavy atom. The number of amides is 1. The molecule has 1 atom stereocenters. The van der Waals surface area contributed by atoms with Crippen molar-refractivity contribution < 1.29 is 9.53 Å². The molecule has 152 valence electrons. The molecular formula is C21H25N5O2S. The number of anilines is 1. The van der Waals surface area contributed by atoms with Gasteiger partial charge in [-0.25, -0.2) is 0 Å². The minimum Gasteiger partial charge on any atom is -0.497 e. The molecule has 0 saturated carbocycles. The normalized spacial score (nSPS) is 12.1. The fraction of sp³-hybridized carbons (Fsp3) is 0.333. The third-order valence-electron chi connectivity index (χ3n) is 4.63. The highest BCUT2D eigenvalue weighted by molar-refractivity contribution is 8.00. The van der Waals surface area contributed by atoms with Crippen molar-refractivity contribution in [3.05, 3.63) is 53.6 Å². The summed E-state index contributed by atoms with van der Waals surface area (Å²) in [4.78, 5) is 12.9. The third-order valence-corrected chi connectivity index (χ3v) is 6.11. The van der Waals surface area contributed by atoms with Gasteiger partial charge in [-0.05, 0) is 77.7 Å². The second-order valence-electron chi connectivity index (χ2n) is 7.14. The SMILES string of the molecule is COc1ccc(NC(=O)C(Sc2nnnn2-c2ccc(C)c(C)c2)C(C)C)cc1. The monoisotopic (exact) mass is 411 g/mol. The molecule has 0 saturated heterocycles. The van der Waals surface area contributed by atoms with Crippen molar-refractivity contribution in [3.63, 3.8) is 0 Å². The van der Waals surface area contributed by atoms with Gasteiger partial charge in [0.15, 0.2) is 0 Å². The van der Waals surface area contributed by atoms with Crippen molar-refractivity contribution in [3.8, 4) is 11.4 Å². The molecule has 7 nitrogen and oxygen atoms in total. The van der Waals surface area contributed by atoms with Gasteiger partial charge in [0.05, 0.1) is 18.0 Å². The number of thioether (sulfide) groups is 1. The van der Waals surface area contributed by atoms with Crippen molar-refractivity contribution >= 4 is 23.4 Å². The molecule has 0 radical (unpaired) electrons. The number of ether oxygens (including phenoxy) is 1. The smallest absolute Gasteiger partial charge is 0.238 e. The zero-order chi connectivity index (χ0) is 21.0. The lowest BCUT2D eigenvalue weighted by Crippen LogP contribution is -2.30. The van der Waals surface area contributed by atoms with Crippen molar-refractivity contribution in [1.29, 1.82) is 0 Å². The van der Waals surface area contributed by atoms with E-state index in [1.54, 1.807) is 11.8 Å². The van der Waals surface area contributed by atoms with Gasteiger partial charge in [0.1, 0.15) is 5.75 Å². The Balaban J connectivity index is 1.79. The number of carbonyl (C=O) groups excluding carboxylic acids is 1. The Labute approximate surface area is 174 Å². The van der Waals surface area contributed by atoms with E-state index in [4.69, 9.17) is 4.74 Å². The summed E-state index contributed by atoms with van der Waals surface area (Å²) in [5.41, 5.74) is 3.95. The van der Waals surface area contributed by atoms with Crippen molar-refractivity contribution in [2.45, 2.75) is 38.1 Å². The number of hydrogen-bond donors (Lipinski definition) is 1. The largest absolute Gasteiger partial charge is 0.497 e. The van der Waals surface area contributed by atoms with Gasteiger partial charge in [0.2, 0.25) is 11.1 Å². The molecule has 1 aromatic heterocycles. The fourth-order valence-electron chi connectivity index (χ4n) is 2.77. The first kappa shape index (κ1) is 20.9. The van der Waals surface area contributed by atoms with Gasteiger partial charge in [-0.1, -0.05) is 31.7 Å². The summed E-state index contributed by atoms with van der Waals surface area (Å²) in [6, 6.07) is 13.3. The maximum atomic E-state index is 12.9. The predicted molar refractivity (Wildman–Crippen MR) is 115 cm³/mol. The minimum absolute atomic E-state index is 0.0863. The molecule has 1 heterocycles. The summed E-state index contributed by atoms with van der Waals surface area (Å²) >= 11 is 1.36. The standard InChI is InChI=1S/C21H25N5O2S/c1-13(2)19(20(27)22-16-7-10-18(28-5)11-8-16)29-21-23-24-25-26(21)17-9-6-14(3)15(4)12-17/h6-13,19H,1-5H3,(H,22,27). The van der Waals surface area contributed by atoms with E-state index >= 15 is 0 Å². The molecule has 0 fully saturated rings. The molecule has 0 spiro atoms. The molecule has 29 heavy (non-hydrogen) atoms. The number of aryl methyl sites for hydroxylation is 2. The second-order valence-corrected chi connectivity index (χ2v) is 8.25. The number of benzene rings is 2. The van der Waals surface area contributed by atoms with E-state index in [1.165, 1.54) is 17.3 Å². The number of aromatic nitrogens is 4. The molecule has 0 bridgehead atoms. The van der Waals surface area contributed by atoms with Crippen molar-refractivity contribution in [2.24, 2.45) is 5.92 Å². The van der Waals surface area contributed by atoms with Crippen LogP contribution in [-0.4, -0.2) is 38.5 Å². The van der Waals surface area contributed by atoms with Gasteiger partial charge in [0, 0.05) is 5.69 Å². The first-order chi connectivity index (χ1) is 13.9. The summed E-state index contributed by atoms with van der Waals surface area (Å²) in [7, 11) is 1.61. The lowest BCUT2D eigenvalue weighted by Gasteiger charge is -2.19. The molecule has 0 aliphatic carbocycles. The molecule has 2 aromatic carbocycles. The van der Waals surface area contributed by atoms with Crippen LogP contribution in [0.4, 0.5) is 5.69 Å². The molecule has 0 aliphatic heterocycles. The molecule has 1 amide bonds. The fourth-order valence-corrected chi connectivity index (χ4v) is 3.76. The van der Waals surface area contributed by atoms with E-state index in [2.05, 4.69) is 34.7 Å². The first-order valence-corrected chi connectivity index (χ1v) is 10.2. The summed E-state index contributed by atoms with van der Waals surface area (Å²) in [5, 5.41) is 15.3. The Bertz CT molecular complexity index is 985. The summed E-state index contributed by atoms with van der Waals surface area (Å²) in [5.74, 6) is 0.735. The van der Waals surface area contributed by atoms with E-state index in [0.717, 1.165) is 22.7 Å². The van der Waals surface area contributed by atoms with E-state index < -0.39 is 0 Å².